The maximum atomic E-state index is 13.9. The number of alkyl halides is 6. The van der Waals surface area contributed by atoms with Gasteiger partial charge in [-0.25, -0.2) is 4.79 Å². The molecule has 30 heavy (non-hydrogen) atoms. The molecule has 0 saturated carbocycles. The lowest BCUT2D eigenvalue weighted by Gasteiger charge is -2.38. The highest BCUT2D eigenvalue weighted by Gasteiger charge is 2.72. The van der Waals surface area contributed by atoms with E-state index in [1.807, 2.05) is 0 Å². The number of ether oxygens (including phenoxy) is 1. The van der Waals surface area contributed by atoms with Gasteiger partial charge < -0.3 is 9.84 Å². The van der Waals surface area contributed by atoms with Gasteiger partial charge >= 0.3 is 30.4 Å². The molecule has 3 nitrogen and oxygen atoms in total. The maximum Gasteiger partial charge on any atom is 0.411 e. The van der Waals surface area contributed by atoms with Crippen molar-refractivity contribution in [3.05, 3.63) is 77.3 Å². The van der Waals surface area contributed by atoms with Crippen molar-refractivity contribution in [1.29, 1.82) is 0 Å². The van der Waals surface area contributed by atoms with E-state index in [4.69, 9.17) is 5.11 Å². The summed E-state index contributed by atoms with van der Waals surface area (Å²) in [5, 5.41) is 8.81. The zero-order valence-electron chi connectivity index (χ0n) is 14.3. The average molecular weight is 444 g/mol. The fraction of sp³-hybridized carbons (Fsp3) is 0.167. The van der Waals surface area contributed by atoms with Crippen molar-refractivity contribution in [2.24, 2.45) is 0 Å². The summed E-state index contributed by atoms with van der Waals surface area (Å²) in [4.78, 5) is 10.9. The Morgan fingerprint density at radius 3 is 1.47 bits per heavy atom. The molecule has 0 aliphatic carbocycles. The summed E-state index contributed by atoms with van der Waals surface area (Å²) in [6.07, 6.45) is -14.8. The summed E-state index contributed by atoms with van der Waals surface area (Å²) in [5.41, 5.74) is -7.84. The summed E-state index contributed by atoms with van der Waals surface area (Å²) in [5.74, 6) is -2.34. The topological polar surface area (TPSA) is 46.5 Å². The van der Waals surface area contributed by atoms with E-state index in [1.165, 1.54) is 0 Å². The predicted molar refractivity (Wildman–Crippen MR) is 83.7 cm³/mol. The third kappa shape index (κ3) is 4.07. The molecule has 0 radical (unpaired) electrons. The van der Waals surface area contributed by atoms with Crippen molar-refractivity contribution in [1.82, 2.24) is 0 Å². The van der Waals surface area contributed by atoms with Gasteiger partial charge in [0.2, 0.25) is 5.41 Å². The van der Waals surface area contributed by atoms with Crippen LogP contribution in [-0.2, 0) is 5.41 Å². The number of carboxylic acid groups (broad SMARTS) is 1. The molecule has 0 bridgehead atoms. The number of carbonyl (C=O) groups is 1. The second-order valence-corrected chi connectivity index (χ2v) is 5.79. The molecule has 1 N–H and O–H groups in total. The van der Waals surface area contributed by atoms with Gasteiger partial charge in [-0.2, -0.15) is 39.5 Å². The predicted octanol–water partition coefficient (Wildman–Crippen LogP) is 6.21. The van der Waals surface area contributed by atoms with E-state index < -0.39 is 58.3 Å². The first kappa shape index (κ1) is 23.1. The van der Waals surface area contributed by atoms with Crippen LogP contribution in [0.5, 0.6) is 5.75 Å². The summed E-state index contributed by atoms with van der Waals surface area (Å²) in [6, 6.07) is 1.02. The lowest BCUT2D eigenvalue weighted by Crippen LogP contribution is -2.54. The largest absolute Gasteiger partial charge is 0.478 e. The van der Waals surface area contributed by atoms with Gasteiger partial charge in [0.15, 0.2) is 0 Å². The zero-order valence-corrected chi connectivity index (χ0v) is 14.3. The Balaban J connectivity index is 2.71. The van der Waals surface area contributed by atoms with E-state index in [1.54, 1.807) is 0 Å². The Kier molecular flexibility index (Phi) is 6.10. The van der Waals surface area contributed by atoms with E-state index in [0.29, 0.717) is 48.5 Å². The van der Waals surface area contributed by atoms with Crippen LogP contribution in [0.4, 0.5) is 39.5 Å². The number of hydrogen-bond acceptors (Lipinski definition) is 2. The second-order valence-electron chi connectivity index (χ2n) is 5.79. The van der Waals surface area contributed by atoms with E-state index in [-0.39, 0.29) is 0 Å². The minimum Gasteiger partial charge on any atom is -0.478 e. The highest BCUT2D eigenvalue weighted by molar-refractivity contribution is 5.87. The smallest absolute Gasteiger partial charge is 0.411 e. The third-order valence-electron chi connectivity index (χ3n) is 4.06. The molecule has 2 aromatic carbocycles. The minimum atomic E-state index is -5.95. The van der Waals surface area contributed by atoms with Crippen molar-refractivity contribution >= 4 is 5.97 Å². The van der Waals surface area contributed by atoms with Crippen LogP contribution >= 0.6 is 0 Å². The number of aromatic carboxylic acids is 1. The summed E-state index contributed by atoms with van der Waals surface area (Å²) < 4.78 is 124. The molecule has 12 heteroatoms. The molecule has 162 valence electrons. The van der Waals surface area contributed by atoms with Gasteiger partial charge in [-0.1, -0.05) is 24.3 Å². The Bertz CT molecular complexity index is 925. The van der Waals surface area contributed by atoms with Gasteiger partial charge in [0.1, 0.15) is 5.75 Å². The van der Waals surface area contributed by atoms with E-state index in [2.05, 4.69) is 4.74 Å². The lowest BCUT2D eigenvalue weighted by atomic mass is 9.72. The van der Waals surface area contributed by atoms with Crippen molar-refractivity contribution < 1.29 is 54.2 Å². The number of hydrogen-bond donors (Lipinski definition) is 1. The first-order chi connectivity index (χ1) is 13.7. The molecule has 0 heterocycles. The van der Waals surface area contributed by atoms with E-state index in [9.17, 15) is 44.3 Å². The van der Waals surface area contributed by atoms with Crippen molar-refractivity contribution in [3.63, 3.8) is 0 Å². The van der Waals surface area contributed by atoms with E-state index in [0.717, 1.165) is 0 Å². The molecule has 0 saturated heterocycles. The molecule has 0 aromatic heterocycles. The molecule has 2 rings (SSSR count). The Labute approximate surface area is 162 Å². The SMILES string of the molecule is O=C(O)c1ccc(C(c2ccc(OC(F)=C(F)F)cc2)(C(F)(F)F)C(F)(F)F)cc1. The van der Waals surface area contributed by atoms with Gasteiger partial charge in [0.25, 0.3) is 0 Å². The zero-order chi connectivity index (χ0) is 22.9. The Hall–Kier alpha value is -3.18. The van der Waals surface area contributed by atoms with Crippen LogP contribution < -0.4 is 4.74 Å². The van der Waals surface area contributed by atoms with Crippen LogP contribution in [0, 0.1) is 0 Å². The van der Waals surface area contributed by atoms with Crippen LogP contribution in [0.15, 0.2) is 60.6 Å². The molecule has 2 aromatic rings. The summed E-state index contributed by atoms with van der Waals surface area (Å²) >= 11 is 0. The molecule has 0 unspecified atom stereocenters. The molecule has 0 fully saturated rings. The van der Waals surface area contributed by atoms with Gasteiger partial charge in [0.05, 0.1) is 5.56 Å². The van der Waals surface area contributed by atoms with Crippen LogP contribution in [0.1, 0.15) is 21.5 Å². The standard InChI is InChI=1S/C18H9F9O3/c19-13(20)14(21)30-12-7-5-11(6-8-12)16(17(22,23)24,18(25,26)27)10-3-1-9(2-4-10)15(28)29/h1-8H,(H,28,29). The quantitative estimate of drug-likeness (QED) is 0.441. The fourth-order valence-corrected chi connectivity index (χ4v) is 2.76. The highest BCUT2D eigenvalue weighted by Crippen LogP contribution is 2.56. The van der Waals surface area contributed by atoms with Crippen molar-refractivity contribution in [3.8, 4) is 5.75 Å². The number of halogens is 9. The van der Waals surface area contributed by atoms with Gasteiger partial charge in [-0.05, 0) is 35.4 Å². The lowest BCUT2D eigenvalue weighted by molar-refractivity contribution is -0.288. The molecular weight excluding hydrogens is 435 g/mol. The third-order valence-corrected chi connectivity index (χ3v) is 4.06. The fourth-order valence-electron chi connectivity index (χ4n) is 2.76. The van der Waals surface area contributed by atoms with Crippen molar-refractivity contribution in [2.75, 3.05) is 0 Å². The first-order valence-electron chi connectivity index (χ1n) is 7.68. The highest BCUT2D eigenvalue weighted by atomic mass is 19.4. The normalized spacial score (nSPS) is 12.4. The molecule has 0 amide bonds. The van der Waals surface area contributed by atoms with Gasteiger partial charge in [-0.15, -0.1) is 0 Å². The average Bonchev–Trinajstić information content (AvgIpc) is 2.61. The van der Waals surface area contributed by atoms with Crippen LogP contribution in [0.3, 0.4) is 0 Å². The van der Waals surface area contributed by atoms with Gasteiger partial charge in [0, 0.05) is 0 Å². The molecule has 0 aliphatic rings. The first-order valence-corrected chi connectivity index (χ1v) is 7.68. The number of benzene rings is 2. The van der Waals surface area contributed by atoms with E-state index >= 15 is 0 Å². The van der Waals surface area contributed by atoms with Crippen LogP contribution in [-0.4, -0.2) is 23.4 Å². The monoisotopic (exact) mass is 444 g/mol. The Morgan fingerprint density at radius 2 is 1.13 bits per heavy atom. The second kappa shape index (κ2) is 7.92. The van der Waals surface area contributed by atoms with Crippen LogP contribution in [0.2, 0.25) is 0 Å². The number of carboxylic acids is 1. The summed E-state index contributed by atoms with van der Waals surface area (Å²) in [6.45, 7) is 0. The molecule has 0 aliphatic heterocycles. The molecule has 0 atom stereocenters. The molecular formula is C18H9F9O3. The summed E-state index contributed by atoms with van der Waals surface area (Å²) in [7, 11) is 0. The van der Waals surface area contributed by atoms with Crippen molar-refractivity contribution in [2.45, 2.75) is 17.8 Å². The number of rotatable bonds is 5. The minimum absolute atomic E-state index is 0.296. The Morgan fingerprint density at radius 1 is 0.733 bits per heavy atom. The van der Waals surface area contributed by atoms with Crippen LogP contribution in [0.25, 0.3) is 0 Å². The maximum absolute atomic E-state index is 13.9. The van der Waals surface area contributed by atoms with Gasteiger partial charge in [-0.3, -0.25) is 0 Å². The molecule has 0 spiro atoms.